The fourth-order valence-corrected chi connectivity index (χ4v) is 5.36. The van der Waals surface area contributed by atoms with Gasteiger partial charge in [0.15, 0.2) is 0 Å². The molecule has 2 aromatic rings. The zero-order valence-corrected chi connectivity index (χ0v) is 21.0. The number of anilines is 1. The molecule has 4 rings (SSSR count). The van der Waals surface area contributed by atoms with Crippen molar-refractivity contribution in [1.29, 1.82) is 0 Å². The third kappa shape index (κ3) is 5.04. The molecule has 2 heterocycles. The van der Waals surface area contributed by atoms with Crippen LogP contribution in [0.1, 0.15) is 75.2 Å². The first kappa shape index (κ1) is 25.1. The van der Waals surface area contributed by atoms with Crippen molar-refractivity contribution in [3.63, 3.8) is 0 Å². The molecule has 0 aromatic heterocycles. The topological polar surface area (TPSA) is 102 Å². The molecule has 0 saturated carbocycles. The molecular weight excluding hydrogens is 446 g/mol. The van der Waals surface area contributed by atoms with Gasteiger partial charge in [-0.1, -0.05) is 31.5 Å². The summed E-state index contributed by atoms with van der Waals surface area (Å²) < 4.78 is 5.47. The quantitative estimate of drug-likeness (QED) is 0.473. The van der Waals surface area contributed by atoms with Crippen molar-refractivity contribution in [3.05, 3.63) is 41.5 Å². The second kappa shape index (κ2) is 9.95. The van der Waals surface area contributed by atoms with E-state index in [9.17, 15) is 14.4 Å². The van der Waals surface area contributed by atoms with Crippen LogP contribution in [-0.2, 0) is 19.2 Å². The van der Waals surface area contributed by atoms with Crippen LogP contribution in [0.5, 0.6) is 0 Å². The van der Waals surface area contributed by atoms with Gasteiger partial charge in [0.05, 0.1) is 12.2 Å². The maximum atomic E-state index is 13.4. The summed E-state index contributed by atoms with van der Waals surface area (Å²) in [5.74, 6) is 4.51. The van der Waals surface area contributed by atoms with Crippen LogP contribution < -0.4 is 10.8 Å². The number of benzene rings is 2. The highest BCUT2D eigenvalue weighted by atomic mass is 16.7. The second-order valence-corrected chi connectivity index (χ2v) is 10.5. The summed E-state index contributed by atoms with van der Waals surface area (Å²) in [7, 11) is 0. The van der Waals surface area contributed by atoms with E-state index in [1.807, 2.05) is 45.9 Å². The van der Waals surface area contributed by atoms with Crippen molar-refractivity contribution in [2.45, 2.75) is 70.9 Å². The molecule has 0 spiro atoms. The summed E-state index contributed by atoms with van der Waals surface area (Å²) in [6, 6.07) is 9.05. The lowest BCUT2D eigenvalue weighted by Crippen LogP contribution is -2.45. The predicted molar refractivity (Wildman–Crippen MR) is 134 cm³/mol. The van der Waals surface area contributed by atoms with Crippen molar-refractivity contribution >= 4 is 34.3 Å². The average molecular weight is 482 g/mol. The highest BCUT2D eigenvalue weighted by Crippen LogP contribution is 2.43. The molecule has 8 heteroatoms. The molecule has 0 bridgehead atoms. The van der Waals surface area contributed by atoms with Gasteiger partial charge in [-0.3, -0.25) is 19.4 Å². The maximum absolute atomic E-state index is 13.4. The number of nitrogens with two attached hydrogens (primary N) is 1. The van der Waals surface area contributed by atoms with Gasteiger partial charge in [-0.25, -0.2) is 4.79 Å². The number of carbonyl (C=O) groups excluding carboxylic acids is 3. The number of esters is 1. The summed E-state index contributed by atoms with van der Waals surface area (Å²) in [5.41, 5.74) is 2.05. The lowest BCUT2D eigenvalue weighted by atomic mass is 9.85. The molecule has 1 atom stereocenters. The normalized spacial score (nSPS) is 17.6. The first-order valence-electron chi connectivity index (χ1n) is 12.4. The van der Waals surface area contributed by atoms with Crippen LogP contribution in [0.2, 0.25) is 0 Å². The Kier molecular flexibility index (Phi) is 7.15. The second-order valence-electron chi connectivity index (χ2n) is 10.5. The molecule has 0 radical (unpaired) electrons. The molecule has 35 heavy (non-hydrogen) atoms. The number of amides is 1. The van der Waals surface area contributed by atoms with Gasteiger partial charge >= 0.3 is 11.9 Å². The van der Waals surface area contributed by atoms with Crippen molar-refractivity contribution in [1.82, 2.24) is 4.90 Å². The summed E-state index contributed by atoms with van der Waals surface area (Å²) in [5, 5.41) is 1.93. The Bertz CT molecular complexity index is 1130. The van der Waals surface area contributed by atoms with Crippen LogP contribution in [-0.4, -0.2) is 54.0 Å². The molecule has 8 nitrogen and oxygen atoms in total. The Morgan fingerprint density at radius 3 is 2.49 bits per heavy atom. The summed E-state index contributed by atoms with van der Waals surface area (Å²) in [6.07, 6.45) is 3.01. The number of nitrogens with zero attached hydrogens (tertiary/aromatic N) is 2. The van der Waals surface area contributed by atoms with Crippen LogP contribution in [0, 0.1) is 0 Å². The number of rotatable bonds is 7. The fourth-order valence-electron chi connectivity index (χ4n) is 5.36. The van der Waals surface area contributed by atoms with Gasteiger partial charge < -0.3 is 9.57 Å². The van der Waals surface area contributed by atoms with Crippen LogP contribution >= 0.6 is 0 Å². The first-order chi connectivity index (χ1) is 16.6. The molecule has 2 aromatic carbocycles. The highest BCUT2D eigenvalue weighted by molar-refractivity contribution is 6.26. The Morgan fingerprint density at radius 1 is 1.14 bits per heavy atom. The van der Waals surface area contributed by atoms with E-state index in [0.717, 1.165) is 42.4 Å². The van der Waals surface area contributed by atoms with Crippen molar-refractivity contribution in [2.24, 2.45) is 5.90 Å². The van der Waals surface area contributed by atoms with E-state index in [0.29, 0.717) is 30.9 Å². The van der Waals surface area contributed by atoms with Crippen LogP contribution in [0.25, 0.3) is 10.8 Å². The monoisotopic (exact) mass is 481 g/mol. The lowest BCUT2D eigenvalue weighted by molar-refractivity contribution is -0.156. The Balaban J connectivity index is 1.57. The Morgan fingerprint density at radius 2 is 1.86 bits per heavy atom. The van der Waals surface area contributed by atoms with Crippen LogP contribution in [0.15, 0.2) is 30.3 Å². The third-order valence-corrected chi connectivity index (χ3v) is 6.82. The first-order valence-corrected chi connectivity index (χ1v) is 12.4. The summed E-state index contributed by atoms with van der Waals surface area (Å²) in [4.78, 5) is 46.2. The minimum Gasteiger partial charge on any atom is -0.459 e. The standard InChI is InChI=1S/C27H35N3O5/c1-5-7-22(26(33)35-28)30-21-11-10-18(19-8-6-9-20(24(19)21)25(30)32)17-12-14-29(15-13-17)16-23(31)34-27(2,3)4/h6,8-11,17,22H,5,7,12-16,28H2,1-4H3. The van der Waals surface area contributed by atoms with E-state index in [2.05, 4.69) is 21.9 Å². The summed E-state index contributed by atoms with van der Waals surface area (Å²) in [6.45, 7) is 9.50. The van der Waals surface area contributed by atoms with Crippen molar-refractivity contribution in [2.75, 3.05) is 24.5 Å². The third-order valence-electron chi connectivity index (χ3n) is 6.82. The number of ether oxygens (including phenoxy) is 1. The molecule has 1 unspecified atom stereocenters. The van der Waals surface area contributed by atoms with Crippen LogP contribution in [0.3, 0.4) is 0 Å². The Hall–Kier alpha value is -2.97. The fraction of sp³-hybridized carbons (Fsp3) is 0.519. The highest BCUT2D eigenvalue weighted by Gasteiger charge is 2.39. The van der Waals surface area contributed by atoms with Gasteiger partial charge in [-0.2, -0.15) is 5.90 Å². The SMILES string of the molecule is CCCC(C(=O)ON)N1C(=O)c2cccc3c(C4CCN(CC(=O)OC(C)(C)C)CC4)ccc1c23. The number of hydrogen-bond donors (Lipinski definition) is 1. The number of hydrogen-bond acceptors (Lipinski definition) is 7. The van der Waals surface area contributed by atoms with Crippen LogP contribution in [0.4, 0.5) is 5.69 Å². The Labute approximate surface area is 206 Å². The maximum Gasteiger partial charge on any atom is 0.347 e. The smallest absolute Gasteiger partial charge is 0.347 e. The van der Waals surface area contributed by atoms with Crippen molar-refractivity contribution in [3.8, 4) is 0 Å². The van der Waals surface area contributed by atoms with Gasteiger partial charge in [0, 0.05) is 10.9 Å². The van der Waals surface area contributed by atoms with Gasteiger partial charge in [0.1, 0.15) is 11.6 Å². The zero-order valence-electron chi connectivity index (χ0n) is 21.0. The molecule has 1 fully saturated rings. The lowest BCUT2D eigenvalue weighted by Gasteiger charge is -2.33. The number of piperidine rings is 1. The number of likely N-dealkylation sites (tertiary alicyclic amines) is 1. The molecule has 1 amide bonds. The minimum absolute atomic E-state index is 0.196. The largest absolute Gasteiger partial charge is 0.459 e. The van der Waals surface area contributed by atoms with E-state index < -0.39 is 17.6 Å². The molecule has 2 N–H and O–H groups in total. The van der Waals surface area contributed by atoms with E-state index in [-0.39, 0.29) is 11.9 Å². The molecular formula is C27H35N3O5. The molecule has 0 aliphatic carbocycles. The van der Waals surface area contributed by atoms with E-state index in [1.165, 1.54) is 5.56 Å². The number of carbonyl (C=O) groups is 3. The summed E-state index contributed by atoms with van der Waals surface area (Å²) >= 11 is 0. The molecule has 1 saturated heterocycles. The van der Waals surface area contributed by atoms with Gasteiger partial charge in [0.25, 0.3) is 5.91 Å². The molecule has 2 aliphatic rings. The van der Waals surface area contributed by atoms with Crippen molar-refractivity contribution < 1.29 is 24.0 Å². The average Bonchev–Trinajstić information content (AvgIpc) is 3.09. The van der Waals surface area contributed by atoms with Gasteiger partial charge in [0.2, 0.25) is 0 Å². The van der Waals surface area contributed by atoms with Gasteiger partial charge in [-0.05, 0) is 82.1 Å². The molecule has 2 aliphatic heterocycles. The van der Waals surface area contributed by atoms with E-state index in [4.69, 9.17) is 10.6 Å². The van der Waals surface area contributed by atoms with Gasteiger partial charge in [-0.15, -0.1) is 0 Å². The van der Waals surface area contributed by atoms with E-state index >= 15 is 0 Å². The van der Waals surface area contributed by atoms with E-state index in [1.54, 1.807) is 4.90 Å². The predicted octanol–water partition coefficient (Wildman–Crippen LogP) is 3.91. The zero-order chi connectivity index (χ0) is 25.3. The molecule has 188 valence electrons. The minimum atomic E-state index is -0.755.